The first-order chi connectivity index (χ1) is 12.7. The highest BCUT2D eigenvalue weighted by Gasteiger charge is 2.16. The number of benzene rings is 2. The molecule has 0 radical (unpaired) electrons. The summed E-state index contributed by atoms with van der Waals surface area (Å²) in [5.41, 5.74) is 1.25. The van der Waals surface area contributed by atoms with Gasteiger partial charge in [0.25, 0.3) is 0 Å². The van der Waals surface area contributed by atoms with Crippen molar-refractivity contribution in [3.63, 3.8) is 0 Å². The zero-order valence-corrected chi connectivity index (χ0v) is 15.6. The van der Waals surface area contributed by atoms with Gasteiger partial charge in [0.15, 0.2) is 0 Å². The van der Waals surface area contributed by atoms with Crippen LogP contribution in [0.2, 0.25) is 5.02 Å². The molecule has 5 heteroatoms. The van der Waals surface area contributed by atoms with E-state index in [4.69, 9.17) is 16.3 Å². The van der Waals surface area contributed by atoms with E-state index in [-0.39, 0.29) is 5.75 Å². The summed E-state index contributed by atoms with van der Waals surface area (Å²) in [6.45, 7) is 5.97. The minimum Gasteiger partial charge on any atom is -0.508 e. The fourth-order valence-corrected chi connectivity index (χ4v) is 3.03. The molecular formula is C21H25ClN2O2. The smallest absolute Gasteiger partial charge is 0.119 e. The number of hydrogen-bond acceptors (Lipinski definition) is 4. The molecule has 0 amide bonds. The van der Waals surface area contributed by atoms with Gasteiger partial charge in [0.05, 0.1) is 6.61 Å². The molecule has 0 bridgehead atoms. The summed E-state index contributed by atoms with van der Waals surface area (Å²) < 4.78 is 5.69. The highest BCUT2D eigenvalue weighted by atomic mass is 35.5. The van der Waals surface area contributed by atoms with Gasteiger partial charge in [0.1, 0.15) is 11.5 Å². The first-order valence-electron chi connectivity index (χ1n) is 8.69. The van der Waals surface area contributed by atoms with E-state index in [1.807, 2.05) is 12.1 Å². The van der Waals surface area contributed by atoms with E-state index in [9.17, 15) is 5.11 Å². The van der Waals surface area contributed by atoms with Gasteiger partial charge < -0.3 is 14.7 Å². The number of piperazine rings is 1. The van der Waals surface area contributed by atoms with Crippen molar-refractivity contribution in [2.45, 2.75) is 6.42 Å². The Labute approximate surface area is 161 Å². The van der Waals surface area contributed by atoms with Crippen molar-refractivity contribution in [2.75, 3.05) is 44.2 Å². The quantitative estimate of drug-likeness (QED) is 0.616. The first kappa shape index (κ1) is 20.0. The second kappa shape index (κ2) is 10.6. The molecule has 1 aliphatic heterocycles. The monoisotopic (exact) mass is 372 g/mol. The summed E-state index contributed by atoms with van der Waals surface area (Å²) >= 11 is 5.95. The molecular weight excluding hydrogens is 348 g/mol. The van der Waals surface area contributed by atoms with E-state index in [0.29, 0.717) is 6.61 Å². The minimum absolute atomic E-state index is 0.265. The minimum atomic E-state index is 0.265. The van der Waals surface area contributed by atoms with Crippen LogP contribution in [0.4, 0.5) is 5.69 Å². The third-order valence-electron chi connectivity index (χ3n) is 4.29. The lowest BCUT2D eigenvalue weighted by Gasteiger charge is -2.36. The van der Waals surface area contributed by atoms with E-state index >= 15 is 0 Å². The van der Waals surface area contributed by atoms with E-state index < -0.39 is 0 Å². The third-order valence-corrected chi connectivity index (χ3v) is 4.54. The summed E-state index contributed by atoms with van der Waals surface area (Å²) in [6, 6.07) is 14.9. The molecule has 3 rings (SSSR count). The maximum atomic E-state index is 9.24. The van der Waals surface area contributed by atoms with Gasteiger partial charge in [0.2, 0.25) is 0 Å². The summed E-state index contributed by atoms with van der Waals surface area (Å²) in [4.78, 5) is 4.88. The lowest BCUT2D eigenvalue weighted by molar-refractivity contribution is 0.224. The Kier molecular flexibility index (Phi) is 8.14. The van der Waals surface area contributed by atoms with E-state index in [1.54, 1.807) is 24.3 Å². The lowest BCUT2D eigenvalue weighted by Crippen LogP contribution is -2.46. The summed E-state index contributed by atoms with van der Waals surface area (Å²) in [6.07, 6.45) is 9.00. The zero-order valence-electron chi connectivity index (χ0n) is 14.9. The van der Waals surface area contributed by atoms with Crippen LogP contribution in [-0.2, 0) is 0 Å². The van der Waals surface area contributed by atoms with Crippen LogP contribution in [0.1, 0.15) is 6.42 Å². The van der Waals surface area contributed by atoms with Crippen molar-refractivity contribution in [3.8, 4) is 24.3 Å². The SMILES string of the molecule is C#C.Oc1ccc(OCCCN2CCN(c3ccc(Cl)cc3)CC2)cc1. The average molecular weight is 373 g/mol. The van der Waals surface area contributed by atoms with Gasteiger partial charge in [-0.15, -0.1) is 12.8 Å². The molecule has 0 spiro atoms. The molecule has 0 unspecified atom stereocenters. The number of halogens is 1. The van der Waals surface area contributed by atoms with Crippen LogP contribution >= 0.6 is 11.6 Å². The predicted molar refractivity (Wildman–Crippen MR) is 108 cm³/mol. The van der Waals surface area contributed by atoms with Crippen LogP contribution in [0, 0.1) is 12.8 Å². The maximum absolute atomic E-state index is 9.24. The summed E-state index contributed by atoms with van der Waals surface area (Å²) in [5, 5.41) is 10.0. The third kappa shape index (κ3) is 6.18. The van der Waals surface area contributed by atoms with Gasteiger partial charge in [-0.3, -0.25) is 4.90 Å². The molecule has 0 saturated carbocycles. The highest BCUT2D eigenvalue weighted by Crippen LogP contribution is 2.19. The normalized spacial score (nSPS) is 14.3. The molecule has 2 aromatic carbocycles. The van der Waals surface area contributed by atoms with Crippen LogP contribution in [-0.4, -0.2) is 49.3 Å². The summed E-state index contributed by atoms with van der Waals surface area (Å²) in [7, 11) is 0. The Morgan fingerprint density at radius 1 is 0.923 bits per heavy atom. The Balaban J connectivity index is 0.00000117. The molecule has 1 fully saturated rings. The van der Waals surface area contributed by atoms with Gasteiger partial charge >= 0.3 is 0 Å². The molecule has 0 aromatic heterocycles. The number of terminal acetylenes is 1. The number of phenols is 1. The van der Waals surface area contributed by atoms with Crippen molar-refractivity contribution >= 4 is 17.3 Å². The van der Waals surface area contributed by atoms with Crippen molar-refractivity contribution < 1.29 is 9.84 Å². The van der Waals surface area contributed by atoms with Gasteiger partial charge in [-0.05, 0) is 55.0 Å². The number of aromatic hydroxyl groups is 1. The van der Waals surface area contributed by atoms with E-state index in [0.717, 1.165) is 49.9 Å². The number of anilines is 1. The predicted octanol–water partition coefficient (Wildman–Crippen LogP) is 3.89. The first-order valence-corrected chi connectivity index (χ1v) is 9.06. The molecule has 1 saturated heterocycles. The largest absolute Gasteiger partial charge is 0.508 e. The highest BCUT2D eigenvalue weighted by molar-refractivity contribution is 6.30. The van der Waals surface area contributed by atoms with Crippen molar-refractivity contribution in [1.29, 1.82) is 0 Å². The molecule has 1 heterocycles. The van der Waals surface area contributed by atoms with Crippen molar-refractivity contribution in [2.24, 2.45) is 0 Å². The van der Waals surface area contributed by atoms with Crippen LogP contribution < -0.4 is 9.64 Å². The average Bonchev–Trinajstić information content (AvgIpc) is 2.69. The second-order valence-electron chi connectivity index (χ2n) is 6.00. The molecule has 1 aliphatic rings. The number of hydrogen-bond donors (Lipinski definition) is 1. The topological polar surface area (TPSA) is 35.9 Å². The fourth-order valence-electron chi connectivity index (χ4n) is 2.90. The second-order valence-corrected chi connectivity index (χ2v) is 6.44. The molecule has 2 aromatic rings. The van der Waals surface area contributed by atoms with Crippen LogP contribution in [0.3, 0.4) is 0 Å². The van der Waals surface area contributed by atoms with Crippen molar-refractivity contribution in [1.82, 2.24) is 4.90 Å². The maximum Gasteiger partial charge on any atom is 0.119 e. The van der Waals surface area contributed by atoms with Crippen LogP contribution in [0.5, 0.6) is 11.5 Å². The van der Waals surface area contributed by atoms with Gasteiger partial charge in [-0.2, -0.15) is 0 Å². The van der Waals surface area contributed by atoms with Crippen molar-refractivity contribution in [3.05, 3.63) is 53.6 Å². The molecule has 0 aliphatic carbocycles. The number of ether oxygens (including phenoxy) is 1. The van der Waals surface area contributed by atoms with Crippen LogP contribution in [0.15, 0.2) is 48.5 Å². The number of nitrogens with zero attached hydrogens (tertiary/aromatic N) is 2. The van der Waals surface area contributed by atoms with Gasteiger partial charge in [-0.1, -0.05) is 11.6 Å². The standard InChI is InChI=1S/C19H23ClN2O2.C2H2/c20-16-2-4-17(5-3-16)22-13-11-21(12-14-22)10-1-15-24-19-8-6-18(23)7-9-19;1-2/h2-9,23H,1,10-15H2;1-2H. The molecule has 138 valence electrons. The lowest BCUT2D eigenvalue weighted by atomic mass is 10.2. The molecule has 1 N–H and O–H groups in total. The Morgan fingerprint density at radius 3 is 2.15 bits per heavy atom. The molecule has 0 atom stereocenters. The zero-order chi connectivity index (χ0) is 18.8. The van der Waals surface area contributed by atoms with Gasteiger partial charge in [0, 0.05) is 43.4 Å². The summed E-state index contributed by atoms with van der Waals surface area (Å²) in [5.74, 6) is 1.07. The Hall–Kier alpha value is -2.35. The fraction of sp³-hybridized carbons (Fsp3) is 0.333. The Bertz CT molecular complexity index is 663. The molecule has 26 heavy (non-hydrogen) atoms. The van der Waals surface area contributed by atoms with Crippen LogP contribution in [0.25, 0.3) is 0 Å². The van der Waals surface area contributed by atoms with E-state index in [2.05, 4.69) is 34.8 Å². The van der Waals surface area contributed by atoms with Gasteiger partial charge in [-0.25, -0.2) is 0 Å². The molecule has 4 nitrogen and oxygen atoms in total. The number of phenolic OH excluding ortho intramolecular Hbond substituents is 1. The van der Waals surface area contributed by atoms with E-state index in [1.165, 1.54) is 5.69 Å². The number of rotatable bonds is 6. The Morgan fingerprint density at radius 2 is 1.54 bits per heavy atom.